The van der Waals surface area contributed by atoms with Crippen LogP contribution in [0.3, 0.4) is 0 Å². The predicted octanol–water partition coefficient (Wildman–Crippen LogP) is 4.42. The van der Waals surface area contributed by atoms with Gasteiger partial charge < -0.3 is 0 Å². The van der Waals surface area contributed by atoms with E-state index in [0.29, 0.717) is 0 Å². The molecule has 76 valence electrons. The van der Waals surface area contributed by atoms with Gasteiger partial charge in [-0.25, -0.2) is 0 Å². The molecule has 0 aromatic carbocycles. The highest BCUT2D eigenvalue weighted by Crippen LogP contribution is 2.35. The molecular weight excluding hydrogens is 156 g/mol. The third kappa shape index (κ3) is 3.17. The van der Waals surface area contributed by atoms with Gasteiger partial charge >= 0.3 is 0 Å². The number of hydrogen-bond acceptors (Lipinski definition) is 0. The maximum Gasteiger partial charge on any atom is -0.0237 e. The van der Waals surface area contributed by atoms with Crippen molar-refractivity contribution in [1.29, 1.82) is 0 Å². The van der Waals surface area contributed by atoms with Crippen LogP contribution < -0.4 is 0 Å². The third-order valence-electron chi connectivity index (χ3n) is 3.85. The van der Waals surface area contributed by atoms with Crippen molar-refractivity contribution in [1.82, 2.24) is 0 Å². The first-order valence-electron chi connectivity index (χ1n) is 5.76. The zero-order valence-electron chi connectivity index (χ0n) is 9.47. The fourth-order valence-corrected chi connectivity index (χ4v) is 2.36. The summed E-state index contributed by atoms with van der Waals surface area (Å²) >= 11 is 0. The van der Waals surface area contributed by atoms with Crippen molar-refractivity contribution in [3.05, 3.63) is 12.2 Å². The van der Waals surface area contributed by atoms with Crippen LogP contribution in [-0.4, -0.2) is 0 Å². The molecule has 1 rings (SSSR count). The molecule has 0 spiro atoms. The molecule has 3 unspecified atom stereocenters. The van der Waals surface area contributed by atoms with E-state index in [1.165, 1.54) is 37.7 Å². The van der Waals surface area contributed by atoms with Gasteiger partial charge in [0, 0.05) is 0 Å². The van der Waals surface area contributed by atoms with Crippen LogP contribution in [0.5, 0.6) is 0 Å². The Morgan fingerprint density at radius 2 is 2.15 bits per heavy atom. The molecule has 3 atom stereocenters. The summed E-state index contributed by atoms with van der Waals surface area (Å²) < 4.78 is 0. The molecule has 0 radical (unpaired) electrons. The van der Waals surface area contributed by atoms with Crippen molar-refractivity contribution in [2.45, 2.75) is 52.9 Å². The van der Waals surface area contributed by atoms with Crippen molar-refractivity contribution in [2.75, 3.05) is 0 Å². The summed E-state index contributed by atoms with van der Waals surface area (Å²) in [6.07, 6.45) is 7.18. The van der Waals surface area contributed by atoms with Crippen LogP contribution in [0.25, 0.3) is 0 Å². The minimum Gasteiger partial charge on any atom is -0.0999 e. The second-order valence-corrected chi connectivity index (χ2v) is 4.99. The minimum atomic E-state index is 0.729. The Labute approximate surface area is 83.4 Å². The first kappa shape index (κ1) is 10.8. The second-order valence-electron chi connectivity index (χ2n) is 4.99. The number of hydrogen-bond donors (Lipinski definition) is 0. The van der Waals surface area contributed by atoms with E-state index >= 15 is 0 Å². The molecule has 0 heteroatoms. The molecule has 13 heavy (non-hydrogen) atoms. The molecule has 1 saturated carbocycles. The average Bonchev–Trinajstić information content (AvgIpc) is 2.47. The Hall–Kier alpha value is -0.260. The molecule has 0 aliphatic heterocycles. The Balaban J connectivity index is 2.22. The maximum absolute atomic E-state index is 4.02. The standard InChI is InChI=1S/C13H24/c1-10(2)11(3)8-9-13-7-5-6-12(13)4/h11-13H,1,5-9H2,2-4H3. The van der Waals surface area contributed by atoms with Gasteiger partial charge in [0.25, 0.3) is 0 Å². The van der Waals surface area contributed by atoms with E-state index in [4.69, 9.17) is 0 Å². The van der Waals surface area contributed by atoms with Crippen LogP contribution in [-0.2, 0) is 0 Å². The molecular formula is C13H24. The highest BCUT2D eigenvalue weighted by Gasteiger charge is 2.23. The molecule has 1 aliphatic rings. The minimum absolute atomic E-state index is 0.729. The first-order valence-corrected chi connectivity index (χ1v) is 5.76. The largest absolute Gasteiger partial charge is 0.0999 e. The SMILES string of the molecule is C=C(C)C(C)CCC1CCCC1C. The van der Waals surface area contributed by atoms with Gasteiger partial charge in [0.15, 0.2) is 0 Å². The Morgan fingerprint density at radius 3 is 2.62 bits per heavy atom. The van der Waals surface area contributed by atoms with Gasteiger partial charge in [-0.1, -0.05) is 45.3 Å². The van der Waals surface area contributed by atoms with Crippen molar-refractivity contribution in [3.63, 3.8) is 0 Å². The lowest BCUT2D eigenvalue weighted by Crippen LogP contribution is -2.06. The van der Waals surface area contributed by atoms with Crippen LogP contribution >= 0.6 is 0 Å². The first-order chi connectivity index (χ1) is 6.11. The summed E-state index contributed by atoms with van der Waals surface area (Å²) in [6.45, 7) is 10.9. The molecule has 1 fully saturated rings. The van der Waals surface area contributed by atoms with Gasteiger partial charge in [0.1, 0.15) is 0 Å². The molecule has 0 amide bonds. The smallest absolute Gasteiger partial charge is 0.0237 e. The van der Waals surface area contributed by atoms with Crippen LogP contribution in [0.2, 0.25) is 0 Å². The van der Waals surface area contributed by atoms with E-state index in [9.17, 15) is 0 Å². The number of allylic oxidation sites excluding steroid dienone is 1. The summed E-state index contributed by atoms with van der Waals surface area (Å²) in [7, 11) is 0. The molecule has 0 aromatic heterocycles. The van der Waals surface area contributed by atoms with Crippen molar-refractivity contribution < 1.29 is 0 Å². The van der Waals surface area contributed by atoms with Crippen molar-refractivity contribution >= 4 is 0 Å². The quantitative estimate of drug-likeness (QED) is 0.562. The van der Waals surface area contributed by atoms with Gasteiger partial charge in [0.2, 0.25) is 0 Å². The van der Waals surface area contributed by atoms with Gasteiger partial charge in [-0.3, -0.25) is 0 Å². The molecule has 0 nitrogen and oxygen atoms in total. The molecule has 0 bridgehead atoms. The Morgan fingerprint density at radius 1 is 1.46 bits per heavy atom. The van der Waals surface area contributed by atoms with E-state index in [2.05, 4.69) is 27.4 Å². The second kappa shape index (κ2) is 4.83. The summed E-state index contributed by atoms with van der Waals surface area (Å²) in [5.74, 6) is 2.73. The van der Waals surface area contributed by atoms with Crippen LogP contribution in [0.15, 0.2) is 12.2 Å². The Bertz CT molecular complexity index is 169. The van der Waals surface area contributed by atoms with Gasteiger partial charge in [-0.15, -0.1) is 0 Å². The van der Waals surface area contributed by atoms with Crippen LogP contribution in [0, 0.1) is 17.8 Å². The van der Waals surface area contributed by atoms with Gasteiger partial charge in [-0.2, -0.15) is 0 Å². The average molecular weight is 180 g/mol. The third-order valence-corrected chi connectivity index (χ3v) is 3.85. The summed E-state index contributed by atoms with van der Waals surface area (Å²) in [5, 5.41) is 0. The van der Waals surface area contributed by atoms with E-state index in [0.717, 1.165) is 17.8 Å². The topological polar surface area (TPSA) is 0 Å². The summed E-state index contributed by atoms with van der Waals surface area (Å²) in [4.78, 5) is 0. The fourth-order valence-electron chi connectivity index (χ4n) is 2.36. The summed E-state index contributed by atoms with van der Waals surface area (Å²) in [6, 6.07) is 0. The lowest BCUT2D eigenvalue weighted by molar-refractivity contribution is 0.362. The number of rotatable bonds is 4. The highest BCUT2D eigenvalue weighted by atomic mass is 14.3. The normalized spacial score (nSPS) is 30.4. The van der Waals surface area contributed by atoms with E-state index in [1.54, 1.807) is 0 Å². The lowest BCUT2D eigenvalue weighted by Gasteiger charge is -2.18. The zero-order chi connectivity index (χ0) is 9.84. The van der Waals surface area contributed by atoms with Crippen molar-refractivity contribution in [2.24, 2.45) is 17.8 Å². The lowest BCUT2D eigenvalue weighted by atomic mass is 9.88. The predicted molar refractivity (Wildman–Crippen MR) is 59.7 cm³/mol. The van der Waals surface area contributed by atoms with Crippen LogP contribution in [0.4, 0.5) is 0 Å². The van der Waals surface area contributed by atoms with Crippen LogP contribution in [0.1, 0.15) is 52.9 Å². The van der Waals surface area contributed by atoms with E-state index in [-0.39, 0.29) is 0 Å². The van der Waals surface area contributed by atoms with Gasteiger partial charge in [0.05, 0.1) is 0 Å². The van der Waals surface area contributed by atoms with E-state index < -0.39 is 0 Å². The zero-order valence-corrected chi connectivity index (χ0v) is 9.47. The molecule has 0 aromatic rings. The summed E-state index contributed by atoms with van der Waals surface area (Å²) in [5.41, 5.74) is 1.35. The molecule has 1 aliphatic carbocycles. The van der Waals surface area contributed by atoms with E-state index in [1.807, 2.05) is 0 Å². The monoisotopic (exact) mass is 180 g/mol. The molecule has 0 saturated heterocycles. The maximum atomic E-state index is 4.02. The fraction of sp³-hybridized carbons (Fsp3) is 0.846. The Kier molecular flexibility index (Phi) is 4.02. The highest BCUT2D eigenvalue weighted by molar-refractivity contribution is 4.94. The van der Waals surface area contributed by atoms with Gasteiger partial charge in [-0.05, 0) is 37.5 Å². The molecule has 0 N–H and O–H groups in total. The van der Waals surface area contributed by atoms with Crippen molar-refractivity contribution in [3.8, 4) is 0 Å². The molecule has 0 heterocycles.